The van der Waals surface area contributed by atoms with Gasteiger partial charge in [0.2, 0.25) is 0 Å². The molecule has 6 heteroatoms. The number of halogens is 1. The summed E-state index contributed by atoms with van der Waals surface area (Å²) in [6.45, 7) is 4.21. The molecule has 2 heterocycles. The van der Waals surface area contributed by atoms with E-state index in [0.717, 1.165) is 20.2 Å². The van der Waals surface area contributed by atoms with Crippen LogP contribution < -0.4 is 5.56 Å². The van der Waals surface area contributed by atoms with Crippen LogP contribution in [0.15, 0.2) is 62.8 Å². The number of aromatic nitrogens is 2. The molecule has 3 rings (SSSR count). The van der Waals surface area contributed by atoms with Crippen LogP contribution >= 0.6 is 39.0 Å². The van der Waals surface area contributed by atoms with Crippen molar-refractivity contribution in [1.82, 2.24) is 9.55 Å². The summed E-state index contributed by atoms with van der Waals surface area (Å²) >= 11 is 6.54. The van der Waals surface area contributed by atoms with E-state index in [4.69, 9.17) is 0 Å². The van der Waals surface area contributed by atoms with Crippen molar-refractivity contribution in [3.8, 4) is 0 Å². The van der Waals surface area contributed by atoms with Crippen LogP contribution in [0.25, 0.3) is 10.2 Å². The number of rotatable bonds is 5. The zero-order chi connectivity index (χ0) is 15.5. The summed E-state index contributed by atoms with van der Waals surface area (Å²) in [4.78, 5) is 18.0. The Labute approximate surface area is 144 Å². The molecule has 0 fully saturated rings. The van der Waals surface area contributed by atoms with E-state index in [9.17, 15) is 4.79 Å². The standard InChI is InChI=1S/C16H13BrN2OS2/c1-2-7-19-15(20)13-6-8-21-14(13)18-16(19)22-10-11-4-3-5-12(17)9-11/h2-6,8-9H,1,7,10H2. The average molecular weight is 393 g/mol. The number of benzene rings is 1. The van der Waals surface area contributed by atoms with E-state index in [1.165, 1.54) is 16.9 Å². The molecule has 0 aliphatic carbocycles. The van der Waals surface area contributed by atoms with Crippen molar-refractivity contribution in [1.29, 1.82) is 0 Å². The van der Waals surface area contributed by atoms with Gasteiger partial charge in [-0.25, -0.2) is 4.98 Å². The van der Waals surface area contributed by atoms with Crippen LogP contribution in [0.4, 0.5) is 0 Å². The first-order valence-corrected chi connectivity index (χ1v) is 9.31. The summed E-state index contributed by atoms with van der Waals surface area (Å²) in [5.74, 6) is 0.764. The van der Waals surface area contributed by atoms with E-state index in [2.05, 4.69) is 39.6 Å². The summed E-state index contributed by atoms with van der Waals surface area (Å²) in [6.07, 6.45) is 1.73. The Morgan fingerprint density at radius 3 is 3.05 bits per heavy atom. The van der Waals surface area contributed by atoms with Crippen molar-refractivity contribution in [3.63, 3.8) is 0 Å². The monoisotopic (exact) mass is 392 g/mol. The molecular formula is C16H13BrN2OS2. The number of hydrogen-bond acceptors (Lipinski definition) is 4. The lowest BCUT2D eigenvalue weighted by Crippen LogP contribution is -2.22. The zero-order valence-corrected chi connectivity index (χ0v) is 14.9. The van der Waals surface area contributed by atoms with Gasteiger partial charge >= 0.3 is 0 Å². The number of thioether (sulfide) groups is 1. The third-order valence-corrected chi connectivity index (χ3v) is 5.46. The molecule has 22 heavy (non-hydrogen) atoms. The molecule has 0 spiro atoms. The number of nitrogens with zero attached hydrogens (tertiary/aromatic N) is 2. The van der Waals surface area contributed by atoms with Gasteiger partial charge in [-0.2, -0.15) is 0 Å². The van der Waals surface area contributed by atoms with Gasteiger partial charge in [0.15, 0.2) is 5.16 Å². The summed E-state index contributed by atoms with van der Waals surface area (Å²) < 4.78 is 2.74. The van der Waals surface area contributed by atoms with Crippen molar-refractivity contribution >= 4 is 49.2 Å². The number of allylic oxidation sites excluding steroid dienone is 1. The van der Waals surface area contributed by atoms with Crippen LogP contribution in [0.5, 0.6) is 0 Å². The van der Waals surface area contributed by atoms with Crippen LogP contribution in [-0.2, 0) is 12.3 Å². The van der Waals surface area contributed by atoms with E-state index in [-0.39, 0.29) is 5.56 Å². The van der Waals surface area contributed by atoms with Crippen molar-refractivity contribution < 1.29 is 0 Å². The molecule has 0 atom stereocenters. The summed E-state index contributed by atoms with van der Waals surface area (Å²) in [7, 11) is 0. The SMILES string of the molecule is C=CCn1c(SCc2cccc(Br)c2)nc2sccc2c1=O. The highest BCUT2D eigenvalue weighted by atomic mass is 79.9. The van der Waals surface area contributed by atoms with E-state index in [1.807, 2.05) is 23.6 Å². The normalized spacial score (nSPS) is 11.0. The molecule has 2 aromatic heterocycles. The first kappa shape index (κ1) is 15.5. The van der Waals surface area contributed by atoms with Gasteiger partial charge in [-0.15, -0.1) is 17.9 Å². The Bertz CT molecular complexity index is 885. The first-order valence-electron chi connectivity index (χ1n) is 6.65. The molecule has 112 valence electrons. The van der Waals surface area contributed by atoms with Crippen LogP contribution in [-0.4, -0.2) is 9.55 Å². The quantitative estimate of drug-likeness (QED) is 0.358. The van der Waals surface area contributed by atoms with Crippen LogP contribution in [0, 0.1) is 0 Å². The Morgan fingerprint density at radius 2 is 2.27 bits per heavy atom. The maximum atomic E-state index is 12.5. The van der Waals surface area contributed by atoms with Crippen molar-refractivity contribution in [2.45, 2.75) is 17.5 Å². The van der Waals surface area contributed by atoms with Gasteiger partial charge < -0.3 is 0 Å². The number of fused-ring (bicyclic) bond motifs is 1. The molecular weight excluding hydrogens is 380 g/mol. The molecule has 3 aromatic rings. The molecule has 0 amide bonds. The molecule has 0 bridgehead atoms. The largest absolute Gasteiger partial charge is 0.283 e. The van der Waals surface area contributed by atoms with E-state index < -0.39 is 0 Å². The van der Waals surface area contributed by atoms with E-state index >= 15 is 0 Å². The zero-order valence-electron chi connectivity index (χ0n) is 11.7. The van der Waals surface area contributed by atoms with Crippen LogP contribution in [0.3, 0.4) is 0 Å². The summed E-state index contributed by atoms with van der Waals surface area (Å²) in [5, 5.41) is 3.32. The van der Waals surface area contributed by atoms with Crippen LogP contribution in [0.2, 0.25) is 0 Å². The van der Waals surface area contributed by atoms with Gasteiger partial charge in [0.1, 0.15) is 4.83 Å². The Kier molecular flexibility index (Phi) is 4.81. The maximum absolute atomic E-state index is 12.5. The maximum Gasteiger partial charge on any atom is 0.263 e. The topological polar surface area (TPSA) is 34.9 Å². The molecule has 3 nitrogen and oxygen atoms in total. The minimum absolute atomic E-state index is 0.00268. The highest BCUT2D eigenvalue weighted by Crippen LogP contribution is 2.25. The average Bonchev–Trinajstić information content (AvgIpc) is 2.97. The van der Waals surface area contributed by atoms with E-state index in [0.29, 0.717) is 11.9 Å². The van der Waals surface area contributed by atoms with Gasteiger partial charge in [0.05, 0.1) is 5.39 Å². The lowest BCUT2D eigenvalue weighted by Gasteiger charge is -2.10. The highest BCUT2D eigenvalue weighted by Gasteiger charge is 2.11. The number of thiophene rings is 1. The molecule has 0 unspecified atom stereocenters. The second kappa shape index (κ2) is 6.81. The van der Waals surface area contributed by atoms with Crippen molar-refractivity contribution in [3.05, 3.63) is 68.8 Å². The molecule has 1 aromatic carbocycles. The lowest BCUT2D eigenvalue weighted by molar-refractivity contribution is 0.673. The Morgan fingerprint density at radius 1 is 1.41 bits per heavy atom. The summed E-state index contributed by atoms with van der Waals surface area (Å²) in [5.41, 5.74) is 1.19. The van der Waals surface area contributed by atoms with Gasteiger partial charge in [-0.1, -0.05) is 45.9 Å². The molecule has 0 N–H and O–H groups in total. The number of hydrogen-bond donors (Lipinski definition) is 0. The predicted molar refractivity (Wildman–Crippen MR) is 97.8 cm³/mol. The molecule has 0 saturated heterocycles. The minimum atomic E-state index is 0.00268. The van der Waals surface area contributed by atoms with E-state index in [1.54, 1.807) is 22.4 Å². The second-order valence-corrected chi connectivity index (χ2v) is 7.41. The predicted octanol–water partition coefficient (Wildman–Crippen LogP) is 4.70. The van der Waals surface area contributed by atoms with Gasteiger partial charge in [0.25, 0.3) is 5.56 Å². The lowest BCUT2D eigenvalue weighted by atomic mass is 10.2. The Hall–Kier alpha value is -1.37. The van der Waals surface area contributed by atoms with Crippen molar-refractivity contribution in [2.24, 2.45) is 0 Å². The Balaban J connectivity index is 1.96. The minimum Gasteiger partial charge on any atom is -0.283 e. The van der Waals surface area contributed by atoms with Gasteiger partial charge in [-0.3, -0.25) is 9.36 Å². The fourth-order valence-electron chi connectivity index (χ4n) is 2.11. The fourth-order valence-corrected chi connectivity index (χ4v) is 4.31. The smallest absolute Gasteiger partial charge is 0.263 e. The third kappa shape index (κ3) is 3.19. The van der Waals surface area contributed by atoms with Gasteiger partial charge in [-0.05, 0) is 29.1 Å². The molecule has 0 saturated carbocycles. The third-order valence-electron chi connectivity index (χ3n) is 3.12. The fraction of sp³-hybridized carbons (Fsp3) is 0.125. The highest BCUT2D eigenvalue weighted by molar-refractivity contribution is 9.10. The molecule has 0 aliphatic heterocycles. The van der Waals surface area contributed by atoms with Crippen molar-refractivity contribution in [2.75, 3.05) is 0 Å². The molecule has 0 radical (unpaired) electrons. The second-order valence-electron chi connectivity index (χ2n) is 4.66. The van der Waals surface area contributed by atoms with Crippen LogP contribution in [0.1, 0.15) is 5.56 Å². The first-order chi connectivity index (χ1) is 10.7. The van der Waals surface area contributed by atoms with Gasteiger partial charge in [0, 0.05) is 16.8 Å². The molecule has 0 aliphatic rings. The summed E-state index contributed by atoms with van der Waals surface area (Å²) in [6, 6.07) is 9.98.